The number of ether oxygens (including phenoxy) is 1. The van der Waals surface area contributed by atoms with Crippen LogP contribution >= 0.6 is 15.9 Å². The Labute approximate surface area is 104 Å². The molecule has 84 valence electrons. The first-order chi connectivity index (χ1) is 7.74. The zero-order valence-electron chi connectivity index (χ0n) is 9.46. The number of methoxy groups -OCH3 is 1. The van der Waals surface area contributed by atoms with E-state index in [2.05, 4.69) is 33.9 Å². The van der Waals surface area contributed by atoms with Gasteiger partial charge >= 0.3 is 0 Å². The summed E-state index contributed by atoms with van der Waals surface area (Å²) >= 11 is 3.58. The van der Waals surface area contributed by atoms with Gasteiger partial charge < -0.3 is 4.74 Å². The molecule has 0 amide bonds. The van der Waals surface area contributed by atoms with E-state index in [0.717, 1.165) is 39.7 Å². The zero-order chi connectivity index (χ0) is 11.5. The second-order valence-corrected chi connectivity index (χ2v) is 4.58. The van der Waals surface area contributed by atoms with Gasteiger partial charge in [0.2, 0.25) is 0 Å². The minimum Gasteiger partial charge on any atom is -0.497 e. The Kier molecular flexibility index (Phi) is 3.44. The summed E-state index contributed by atoms with van der Waals surface area (Å²) in [4.78, 5) is 4.62. The number of hydrogen-bond donors (Lipinski definition) is 0. The fourth-order valence-corrected chi connectivity index (χ4v) is 2.33. The lowest BCUT2D eigenvalue weighted by molar-refractivity contribution is 0.415. The minimum absolute atomic E-state index is 0.848. The molecule has 0 aliphatic rings. The fourth-order valence-electron chi connectivity index (χ4n) is 1.73. The van der Waals surface area contributed by atoms with E-state index in [0.29, 0.717) is 0 Å². The van der Waals surface area contributed by atoms with Crippen LogP contribution in [0, 0.1) is 0 Å². The van der Waals surface area contributed by atoms with Crippen molar-refractivity contribution in [3.05, 3.63) is 34.4 Å². The van der Waals surface area contributed by atoms with Crippen LogP contribution in [-0.4, -0.2) is 12.1 Å². The van der Waals surface area contributed by atoms with Gasteiger partial charge in [-0.1, -0.05) is 29.3 Å². The molecule has 0 unspecified atom stereocenters. The topological polar surface area (TPSA) is 22.1 Å². The maximum Gasteiger partial charge on any atom is 0.121 e. The van der Waals surface area contributed by atoms with E-state index >= 15 is 0 Å². The summed E-state index contributed by atoms with van der Waals surface area (Å²) in [6.45, 7) is 2.16. The molecule has 1 aromatic heterocycles. The molecule has 0 fully saturated rings. The lowest BCUT2D eigenvalue weighted by Gasteiger charge is -2.06. The molecule has 0 aliphatic heterocycles. The molecule has 3 heteroatoms. The number of benzene rings is 1. The van der Waals surface area contributed by atoms with E-state index in [1.165, 1.54) is 0 Å². The molecule has 0 spiro atoms. The van der Waals surface area contributed by atoms with Crippen LogP contribution < -0.4 is 4.74 Å². The molecule has 2 aromatic rings. The van der Waals surface area contributed by atoms with E-state index in [4.69, 9.17) is 4.74 Å². The van der Waals surface area contributed by atoms with Crippen LogP contribution in [0.4, 0.5) is 0 Å². The van der Waals surface area contributed by atoms with Gasteiger partial charge in [0.25, 0.3) is 0 Å². The Bertz CT molecular complexity index is 511. The quantitative estimate of drug-likeness (QED) is 0.849. The fraction of sp³-hybridized carbons (Fsp3) is 0.308. The molecule has 0 radical (unpaired) electrons. The SMILES string of the molecule is CCCc1cc(Br)c2ccc(OC)cc2n1. The van der Waals surface area contributed by atoms with E-state index in [-0.39, 0.29) is 0 Å². The van der Waals surface area contributed by atoms with E-state index < -0.39 is 0 Å². The molecule has 0 atom stereocenters. The average molecular weight is 280 g/mol. The second kappa shape index (κ2) is 4.83. The van der Waals surface area contributed by atoms with Gasteiger partial charge in [-0.15, -0.1) is 0 Å². The molecule has 16 heavy (non-hydrogen) atoms. The van der Waals surface area contributed by atoms with Gasteiger partial charge in [-0.3, -0.25) is 4.98 Å². The molecule has 0 aliphatic carbocycles. The van der Waals surface area contributed by atoms with Crippen LogP contribution in [0.15, 0.2) is 28.7 Å². The van der Waals surface area contributed by atoms with Crippen molar-refractivity contribution < 1.29 is 4.74 Å². The van der Waals surface area contributed by atoms with Crippen LogP contribution in [0.1, 0.15) is 19.0 Å². The highest BCUT2D eigenvalue weighted by Gasteiger charge is 2.04. The van der Waals surface area contributed by atoms with Crippen LogP contribution in [0.3, 0.4) is 0 Å². The number of nitrogens with zero attached hydrogens (tertiary/aromatic N) is 1. The first-order valence-corrected chi connectivity index (χ1v) is 6.17. The average Bonchev–Trinajstić information content (AvgIpc) is 2.28. The monoisotopic (exact) mass is 279 g/mol. The van der Waals surface area contributed by atoms with Gasteiger partial charge in [0, 0.05) is 21.6 Å². The van der Waals surface area contributed by atoms with E-state index in [1.54, 1.807) is 7.11 Å². The predicted octanol–water partition coefficient (Wildman–Crippen LogP) is 3.96. The van der Waals surface area contributed by atoms with Gasteiger partial charge in [-0.05, 0) is 24.6 Å². The van der Waals surface area contributed by atoms with Gasteiger partial charge in [0.15, 0.2) is 0 Å². The van der Waals surface area contributed by atoms with E-state index in [1.807, 2.05) is 18.2 Å². The maximum absolute atomic E-state index is 5.21. The highest BCUT2D eigenvalue weighted by molar-refractivity contribution is 9.10. The Morgan fingerprint density at radius 3 is 2.81 bits per heavy atom. The largest absolute Gasteiger partial charge is 0.497 e. The summed E-state index contributed by atoms with van der Waals surface area (Å²) in [5.74, 6) is 0.848. The van der Waals surface area contributed by atoms with Gasteiger partial charge in [0.05, 0.1) is 12.6 Å². The number of rotatable bonds is 3. The second-order valence-electron chi connectivity index (χ2n) is 3.73. The Balaban J connectivity index is 2.58. The molecule has 2 nitrogen and oxygen atoms in total. The smallest absolute Gasteiger partial charge is 0.121 e. The molecule has 0 bridgehead atoms. The van der Waals surface area contributed by atoms with Gasteiger partial charge in [-0.2, -0.15) is 0 Å². The molecule has 0 saturated heterocycles. The van der Waals surface area contributed by atoms with Crippen molar-refractivity contribution in [2.45, 2.75) is 19.8 Å². The van der Waals surface area contributed by atoms with Crippen molar-refractivity contribution in [3.63, 3.8) is 0 Å². The van der Waals surface area contributed by atoms with Crippen LogP contribution in [0.5, 0.6) is 5.75 Å². The van der Waals surface area contributed by atoms with Gasteiger partial charge in [0.1, 0.15) is 5.75 Å². The highest BCUT2D eigenvalue weighted by atomic mass is 79.9. The van der Waals surface area contributed by atoms with Crippen molar-refractivity contribution in [2.75, 3.05) is 7.11 Å². The molecular weight excluding hydrogens is 266 g/mol. The number of fused-ring (bicyclic) bond motifs is 1. The lowest BCUT2D eigenvalue weighted by atomic mass is 10.1. The Morgan fingerprint density at radius 1 is 1.31 bits per heavy atom. The summed E-state index contributed by atoms with van der Waals surface area (Å²) < 4.78 is 6.31. The number of pyridine rings is 1. The minimum atomic E-state index is 0.848. The first-order valence-electron chi connectivity index (χ1n) is 5.37. The van der Waals surface area contributed by atoms with Crippen molar-refractivity contribution in [1.82, 2.24) is 4.98 Å². The number of hydrogen-bond acceptors (Lipinski definition) is 2. The molecule has 0 saturated carbocycles. The third-order valence-electron chi connectivity index (χ3n) is 2.53. The van der Waals surface area contributed by atoms with Gasteiger partial charge in [-0.25, -0.2) is 0 Å². The predicted molar refractivity (Wildman–Crippen MR) is 70.0 cm³/mol. The molecule has 0 N–H and O–H groups in total. The van der Waals surface area contributed by atoms with Crippen LogP contribution in [-0.2, 0) is 6.42 Å². The Morgan fingerprint density at radius 2 is 2.12 bits per heavy atom. The first kappa shape index (κ1) is 11.4. The third-order valence-corrected chi connectivity index (χ3v) is 3.18. The molecule has 2 rings (SSSR count). The number of aryl methyl sites for hydroxylation is 1. The van der Waals surface area contributed by atoms with Crippen molar-refractivity contribution in [3.8, 4) is 5.75 Å². The summed E-state index contributed by atoms with van der Waals surface area (Å²) in [6, 6.07) is 8.05. The Hall–Kier alpha value is -1.09. The molecule has 1 aromatic carbocycles. The van der Waals surface area contributed by atoms with E-state index in [9.17, 15) is 0 Å². The number of halogens is 1. The normalized spacial score (nSPS) is 10.7. The summed E-state index contributed by atoms with van der Waals surface area (Å²) in [5.41, 5.74) is 2.10. The van der Waals surface area contributed by atoms with Crippen molar-refractivity contribution >= 4 is 26.8 Å². The molecule has 1 heterocycles. The number of aromatic nitrogens is 1. The highest BCUT2D eigenvalue weighted by Crippen LogP contribution is 2.27. The van der Waals surface area contributed by atoms with Crippen molar-refractivity contribution in [2.24, 2.45) is 0 Å². The van der Waals surface area contributed by atoms with Crippen LogP contribution in [0.2, 0.25) is 0 Å². The van der Waals surface area contributed by atoms with Crippen molar-refractivity contribution in [1.29, 1.82) is 0 Å². The maximum atomic E-state index is 5.21. The standard InChI is InChI=1S/C13H14BrNO/c1-3-4-9-7-12(14)11-6-5-10(16-2)8-13(11)15-9/h5-8H,3-4H2,1-2H3. The summed E-state index contributed by atoms with van der Waals surface area (Å²) in [6.07, 6.45) is 2.11. The summed E-state index contributed by atoms with van der Waals surface area (Å²) in [7, 11) is 1.67. The molecular formula is C13H14BrNO. The lowest BCUT2D eigenvalue weighted by Crippen LogP contribution is -1.92. The summed E-state index contributed by atoms with van der Waals surface area (Å²) in [5, 5.41) is 1.13. The van der Waals surface area contributed by atoms with Crippen LogP contribution in [0.25, 0.3) is 10.9 Å². The third kappa shape index (κ3) is 2.19. The zero-order valence-corrected chi connectivity index (χ0v) is 11.0.